The molecule has 250 valence electrons. The number of benzene rings is 3. The Kier molecular flexibility index (Phi) is 10.5. The van der Waals surface area contributed by atoms with Gasteiger partial charge in [0.05, 0.1) is 48.4 Å². The smallest absolute Gasteiger partial charge is 0.416 e. The highest BCUT2D eigenvalue weighted by Gasteiger charge is 2.33. The van der Waals surface area contributed by atoms with Crippen molar-refractivity contribution in [2.24, 2.45) is 0 Å². The topological polar surface area (TPSA) is 143 Å². The largest absolute Gasteiger partial charge is 0.497 e. The number of nitrogens with one attached hydrogen (secondary N) is 2. The Morgan fingerprint density at radius 1 is 1.09 bits per heavy atom. The Bertz CT molecular complexity index is 1780. The molecule has 1 aliphatic rings. The number of hydrogen-bond acceptors (Lipinski definition) is 8. The van der Waals surface area contributed by atoms with Crippen LogP contribution in [0.5, 0.6) is 5.75 Å². The molecule has 1 amide bonds. The number of para-hydroxylation sites is 2. The molecule has 0 radical (unpaired) electrons. The van der Waals surface area contributed by atoms with E-state index in [0.717, 1.165) is 27.5 Å². The van der Waals surface area contributed by atoms with Crippen LogP contribution in [0.3, 0.4) is 0 Å². The summed E-state index contributed by atoms with van der Waals surface area (Å²) >= 11 is 0. The van der Waals surface area contributed by atoms with Crippen LogP contribution in [0.25, 0.3) is 11.0 Å². The molecule has 0 spiro atoms. The summed E-state index contributed by atoms with van der Waals surface area (Å²) in [5, 5.41) is 12.3. The van der Waals surface area contributed by atoms with Crippen molar-refractivity contribution in [3.05, 3.63) is 102 Å². The van der Waals surface area contributed by atoms with Crippen molar-refractivity contribution in [3.63, 3.8) is 0 Å². The van der Waals surface area contributed by atoms with E-state index in [9.17, 15) is 31.5 Å². The third-order valence-corrected chi connectivity index (χ3v) is 9.41. The van der Waals surface area contributed by atoms with E-state index in [1.54, 1.807) is 0 Å². The Morgan fingerprint density at radius 2 is 1.81 bits per heavy atom. The Morgan fingerprint density at radius 3 is 2.47 bits per heavy atom. The van der Waals surface area contributed by atoms with Crippen LogP contribution >= 0.6 is 0 Å². The number of allylic oxidation sites excluding steroid dienone is 1. The summed E-state index contributed by atoms with van der Waals surface area (Å²) in [7, 11) is -2.55. The number of ether oxygens (including phenoxy) is 3. The van der Waals surface area contributed by atoms with Gasteiger partial charge in [-0.15, -0.1) is 0 Å². The molecular weight excluding hydrogens is 641 g/mol. The lowest BCUT2D eigenvalue weighted by Crippen LogP contribution is -2.38. The molecule has 0 fully saturated rings. The summed E-state index contributed by atoms with van der Waals surface area (Å²) in [6.45, 7) is -0.926. The number of H-pyrrole nitrogens is 1. The molecule has 47 heavy (non-hydrogen) atoms. The van der Waals surface area contributed by atoms with Crippen molar-refractivity contribution >= 4 is 27.0 Å². The number of hydrogen-bond donors (Lipinski definition) is 3. The minimum atomic E-state index is -4.51. The van der Waals surface area contributed by atoms with Gasteiger partial charge in [-0.1, -0.05) is 24.3 Å². The molecule has 11 nitrogen and oxygen atoms in total. The second kappa shape index (κ2) is 14.5. The number of amides is 1. The fraction of sp³-hybridized carbons (Fsp3) is 0.312. The number of methoxy groups -OCH3 is 1. The number of fused-ring (bicyclic) bond motifs is 1. The Hall–Kier alpha value is -4.44. The second-order valence-corrected chi connectivity index (χ2v) is 12.5. The molecule has 2 heterocycles. The van der Waals surface area contributed by atoms with Gasteiger partial charge in [0, 0.05) is 25.4 Å². The molecule has 0 unspecified atom stereocenters. The predicted molar refractivity (Wildman–Crippen MR) is 164 cm³/mol. The van der Waals surface area contributed by atoms with Crippen LogP contribution in [0.15, 0.2) is 89.5 Å². The van der Waals surface area contributed by atoms with Gasteiger partial charge in [0.25, 0.3) is 5.91 Å². The third-order valence-electron chi connectivity index (χ3n) is 7.49. The zero-order valence-corrected chi connectivity index (χ0v) is 26.1. The highest BCUT2D eigenvalue weighted by Crippen LogP contribution is 2.34. The number of carbonyl (C=O) groups is 1. The fourth-order valence-electron chi connectivity index (χ4n) is 5.06. The summed E-state index contributed by atoms with van der Waals surface area (Å²) < 4.78 is 84.0. The molecule has 0 saturated heterocycles. The molecule has 0 bridgehead atoms. The van der Waals surface area contributed by atoms with E-state index >= 15 is 0 Å². The zero-order valence-electron chi connectivity index (χ0n) is 25.2. The second-order valence-electron chi connectivity index (χ2n) is 10.6. The van der Waals surface area contributed by atoms with Crippen molar-refractivity contribution < 1.29 is 45.7 Å². The van der Waals surface area contributed by atoms with E-state index in [0.29, 0.717) is 17.1 Å². The van der Waals surface area contributed by atoms with Crippen LogP contribution in [-0.4, -0.2) is 73.4 Å². The van der Waals surface area contributed by atoms with Crippen LogP contribution in [0.4, 0.5) is 13.2 Å². The van der Waals surface area contributed by atoms with E-state index in [1.165, 1.54) is 49.6 Å². The number of imidazole rings is 1. The first-order valence-electron chi connectivity index (χ1n) is 14.6. The van der Waals surface area contributed by atoms with Crippen LogP contribution in [0.1, 0.15) is 29.3 Å². The molecule has 3 N–H and O–H groups in total. The van der Waals surface area contributed by atoms with Crippen molar-refractivity contribution in [1.82, 2.24) is 19.6 Å². The summed E-state index contributed by atoms with van der Waals surface area (Å²) in [5.74, 6) is -0.284. The maximum absolute atomic E-state index is 13.3. The molecule has 5 rings (SSSR count). The normalized spacial score (nSPS) is 16.9. The number of carbonyl (C=O) groups excluding carboxylic acids is 1. The molecule has 2 atom stereocenters. The Balaban J connectivity index is 1.29. The summed E-state index contributed by atoms with van der Waals surface area (Å²) in [6.07, 6.45) is -3.90. The van der Waals surface area contributed by atoms with Gasteiger partial charge in [-0.25, -0.2) is 13.4 Å². The van der Waals surface area contributed by atoms with Gasteiger partial charge in [-0.2, -0.15) is 17.5 Å². The molecule has 1 aliphatic heterocycles. The molecule has 3 aromatic carbocycles. The lowest BCUT2D eigenvalue weighted by molar-refractivity contribution is -0.146. The summed E-state index contributed by atoms with van der Waals surface area (Å²) in [5.41, 5.74) is 1.22. The third kappa shape index (κ3) is 8.29. The number of halogens is 3. The number of aliphatic hydroxyl groups excluding tert-OH is 1. The van der Waals surface area contributed by atoms with Crippen molar-refractivity contribution in [2.45, 2.75) is 36.2 Å². The van der Waals surface area contributed by atoms with Crippen LogP contribution < -0.4 is 10.1 Å². The van der Waals surface area contributed by atoms with Crippen LogP contribution in [-0.2, 0) is 37.0 Å². The van der Waals surface area contributed by atoms with Crippen LogP contribution in [0.2, 0.25) is 0 Å². The van der Waals surface area contributed by atoms with Gasteiger partial charge in [0.15, 0.2) is 5.76 Å². The van der Waals surface area contributed by atoms with Gasteiger partial charge in [-0.05, 0) is 60.2 Å². The molecule has 0 saturated carbocycles. The zero-order chi connectivity index (χ0) is 33.6. The Labute approximate surface area is 269 Å². The summed E-state index contributed by atoms with van der Waals surface area (Å²) in [4.78, 5) is 20.8. The fourth-order valence-corrected chi connectivity index (χ4v) is 6.47. The van der Waals surface area contributed by atoms with E-state index < -0.39 is 46.5 Å². The molecule has 15 heteroatoms. The van der Waals surface area contributed by atoms with E-state index in [-0.39, 0.29) is 43.3 Å². The van der Waals surface area contributed by atoms with Crippen molar-refractivity contribution in [3.8, 4) is 5.75 Å². The predicted octanol–water partition coefficient (Wildman–Crippen LogP) is 4.32. The first-order valence-corrected chi connectivity index (χ1v) is 16.1. The van der Waals surface area contributed by atoms with E-state index in [1.807, 2.05) is 24.3 Å². The summed E-state index contributed by atoms with van der Waals surface area (Å²) in [6, 6.07) is 17.7. The first-order chi connectivity index (χ1) is 22.5. The number of aromatic nitrogens is 2. The maximum atomic E-state index is 13.3. The lowest BCUT2D eigenvalue weighted by atomic mass is 9.92. The van der Waals surface area contributed by atoms with E-state index in [2.05, 4.69) is 15.3 Å². The van der Waals surface area contributed by atoms with Gasteiger partial charge in [-0.3, -0.25) is 4.79 Å². The number of aliphatic hydroxyl groups is 1. The quantitative estimate of drug-likeness (QED) is 0.190. The van der Waals surface area contributed by atoms with Gasteiger partial charge in [0.1, 0.15) is 11.6 Å². The lowest BCUT2D eigenvalue weighted by Gasteiger charge is -2.30. The number of sulfonamides is 1. The average Bonchev–Trinajstić information content (AvgIpc) is 3.49. The molecule has 1 aromatic heterocycles. The van der Waals surface area contributed by atoms with Gasteiger partial charge >= 0.3 is 6.18 Å². The minimum Gasteiger partial charge on any atom is -0.497 e. The van der Waals surface area contributed by atoms with Crippen molar-refractivity contribution in [1.29, 1.82) is 0 Å². The maximum Gasteiger partial charge on any atom is 0.416 e. The molecule has 0 aliphatic carbocycles. The van der Waals surface area contributed by atoms with Crippen LogP contribution in [0, 0.1) is 0 Å². The monoisotopic (exact) mass is 674 g/mol. The molecule has 4 aromatic rings. The number of aromatic amines is 1. The SMILES string of the molecule is COc1ccc(S(=O)(=O)N(CCO)CCO[C@H]2C[C@@H](c3ccc(C(F)(F)F)cc3)C=C(C(=O)NCc3nc4ccccc4[nH]3)O2)cc1. The van der Waals surface area contributed by atoms with E-state index in [4.69, 9.17) is 14.2 Å². The number of alkyl halides is 3. The minimum absolute atomic E-state index is 0.00521. The van der Waals surface area contributed by atoms with Gasteiger partial charge in [0.2, 0.25) is 16.3 Å². The first kappa shape index (κ1) is 33.9. The highest BCUT2D eigenvalue weighted by atomic mass is 32.2. The number of rotatable bonds is 13. The standard InChI is InChI=1S/C32H33F3N4O7S/c1-44-24-10-12-25(13-11-24)47(42,43)39(14-16-40)15-17-45-30-19-22(21-6-8-23(9-7-21)32(33,34)35)18-28(46-30)31(41)36-20-29-37-26-4-2-3-5-27(26)38-29/h2-13,18,22,30,40H,14-17,19-20H2,1H3,(H,36,41)(H,37,38)/t22-,30+/m0/s1. The van der Waals surface area contributed by atoms with Crippen molar-refractivity contribution in [2.75, 3.05) is 33.4 Å². The average molecular weight is 675 g/mol. The molecular formula is C32H33F3N4O7S. The van der Waals surface area contributed by atoms with Gasteiger partial charge < -0.3 is 29.6 Å². The number of nitrogens with zero attached hydrogens (tertiary/aromatic N) is 2. The highest BCUT2D eigenvalue weighted by molar-refractivity contribution is 7.89.